The van der Waals surface area contributed by atoms with Crippen LogP contribution in [0.15, 0.2) is 5.38 Å². The lowest BCUT2D eigenvalue weighted by molar-refractivity contribution is 0.458. The Morgan fingerprint density at radius 3 is 2.64 bits per heavy atom. The Morgan fingerprint density at radius 1 is 1.50 bits per heavy atom. The number of aromatic nitrogens is 1. The average Bonchev–Trinajstić information content (AvgIpc) is 2.54. The fraction of sp³-hybridized carbons (Fsp3) is 0.727. The Balaban J connectivity index is 2.71. The van der Waals surface area contributed by atoms with Gasteiger partial charge in [-0.25, -0.2) is 4.98 Å². The minimum atomic E-state index is 0.524. The van der Waals surface area contributed by atoms with Crippen LogP contribution in [0.2, 0.25) is 0 Å². The van der Waals surface area contributed by atoms with Gasteiger partial charge in [0.05, 0.1) is 5.01 Å². The molecule has 0 bridgehead atoms. The molecular weight excluding hydrogens is 192 g/mol. The summed E-state index contributed by atoms with van der Waals surface area (Å²) >= 11 is 1.79. The summed E-state index contributed by atoms with van der Waals surface area (Å²) in [5, 5.41) is 6.88. The molecule has 1 aromatic rings. The molecule has 0 spiro atoms. The maximum absolute atomic E-state index is 4.56. The van der Waals surface area contributed by atoms with Gasteiger partial charge in [0, 0.05) is 23.0 Å². The van der Waals surface area contributed by atoms with Crippen molar-refractivity contribution in [3.8, 4) is 0 Å². The third-order valence-corrected chi connectivity index (χ3v) is 3.62. The van der Waals surface area contributed by atoms with E-state index < -0.39 is 0 Å². The molecule has 0 saturated heterocycles. The van der Waals surface area contributed by atoms with Crippen LogP contribution in [0, 0.1) is 6.92 Å². The summed E-state index contributed by atoms with van der Waals surface area (Å²) in [7, 11) is 0. The van der Waals surface area contributed by atoms with Crippen LogP contribution in [-0.2, 0) is 0 Å². The lowest BCUT2D eigenvalue weighted by Gasteiger charge is -2.21. The molecule has 0 amide bonds. The van der Waals surface area contributed by atoms with Crippen LogP contribution in [0.5, 0.6) is 0 Å². The van der Waals surface area contributed by atoms with E-state index in [2.05, 4.69) is 43.4 Å². The van der Waals surface area contributed by atoms with Crippen LogP contribution >= 0.6 is 11.3 Å². The molecule has 0 aliphatic heterocycles. The number of hydrogen-bond acceptors (Lipinski definition) is 3. The lowest BCUT2D eigenvalue weighted by atomic mass is 9.99. The maximum atomic E-state index is 4.56. The number of rotatable bonds is 5. The topological polar surface area (TPSA) is 24.9 Å². The van der Waals surface area contributed by atoms with Crippen molar-refractivity contribution in [2.45, 2.75) is 46.1 Å². The Kier molecular flexibility index (Phi) is 4.55. The van der Waals surface area contributed by atoms with Crippen LogP contribution in [0.4, 0.5) is 0 Å². The Labute approximate surface area is 90.8 Å². The van der Waals surface area contributed by atoms with Crippen molar-refractivity contribution in [1.82, 2.24) is 10.3 Å². The minimum absolute atomic E-state index is 0.524. The Morgan fingerprint density at radius 2 is 2.21 bits per heavy atom. The van der Waals surface area contributed by atoms with Crippen molar-refractivity contribution >= 4 is 11.3 Å². The summed E-state index contributed by atoms with van der Waals surface area (Å²) in [5.74, 6) is 0.564. The molecule has 1 heterocycles. The molecule has 0 aliphatic carbocycles. The Hall–Kier alpha value is -0.410. The summed E-state index contributed by atoms with van der Waals surface area (Å²) in [4.78, 5) is 4.56. The predicted molar refractivity (Wildman–Crippen MR) is 63.0 cm³/mol. The van der Waals surface area contributed by atoms with Crippen LogP contribution in [0.3, 0.4) is 0 Å². The lowest BCUT2D eigenvalue weighted by Crippen LogP contribution is -2.31. The predicted octanol–water partition coefficient (Wildman–Crippen LogP) is 2.94. The second kappa shape index (κ2) is 5.47. The minimum Gasteiger partial charge on any atom is -0.314 e. The molecule has 0 aromatic carbocycles. The molecule has 3 heteroatoms. The highest BCUT2D eigenvalue weighted by atomic mass is 32.1. The summed E-state index contributed by atoms with van der Waals surface area (Å²) in [6.45, 7) is 9.71. The molecule has 0 saturated carbocycles. The second-order valence-corrected chi connectivity index (χ2v) is 4.58. The van der Waals surface area contributed by atoms with Gasteiger partial charge in [0.25, 0.3) is 0 Å². The number of thiazole rings is 1. The average molecular weight is 212 g/mol. The summed E-state index contributed by atoms with van der Waals surface area (Å²) in [6, 6.07) is 0.524. The van der Waals surface area contributed by atoms with Crippen LogP contribution in [-0.4, -0.2) is 17.6 Å². The molecule has 14 heavy (non-hydrogen) atoms. The highest BCUT2D eigenvalue weighted by Gasteiger charge is 2.19. The van der Waals surface area contributed by atoms with Gasteiger partial charge in [-0.2, -0.15) is 0 Å². The van der Waals surface area contributed by atoms with Crippen molar-refractivity contribution in [3.63, 3.8) is 0 Å². The molecule has 80 valence electrons. The maximum Gasteiger partial charge on any atom is 0.0974 e. The standard InChI is InChI=1S/C11H20N2S/c1-5-10(9(4)12-6-2)11-13-8(3)7-14-11/h7,9-10,12H,5-6H2,1-4H3. The van der Waals surface area contributed by atoms with E-state index in [1.165, 1.54) is 5.01 Å². The van der Waals surface area contributed by atoms with Crippen molar-refractivity contribution in [2.24, 2.45) is 0 Å². The SMILES string of the molecule is CCNC(C)C(CC)c1nc(C)cs1. The summed E-state index contributed by atoms with van der Waals surface area (Å²) in [5.41, 5.74) is 1.15. The first kappa shape index (κ1) is 11.7. The quantitative estimate of drug-likeness (QED) is 0.811. The smallest absolute Gasteiger partial charge is 0.0974 e. The summed E-state index contributed by atoms with van der Waals surface area (Å²) < 4.78 is 0. The number of hydrogen-bond donors (Lipinski definition) is 1. The molecule has 0 fully saturated rings. The number of aryl methyl sites for hydroxylation is 1. The van der Waals surface area contributed by atoms with E-state index >= 15 is 0 Å². The zero-order chi connectivity index (χ0) is 10.6. The van der Waals surface area contributed by atoms with Crippen molar-refractivity contribution in [3.05, 3.63) is 16.1 Å². The molecule has 0 aliphatic rings. The fourth-order valence-corrected chi connectivity index (χ4v) is 2.84. The van der Waals surface area contributed by atoms with Gasteiger partial charge in [-0.3, -0.25) is 0 Å². The van der Waals surface area contributed by atoms with Gasteiger partial charge in [-0.15, -0.1) is 11.3 Å². The van der Waals surface area contributed by atoms with Crippen molar-refractivity contribution in [1.29, 1.82) is 0 Å². The molecule has 1 aromatic heterocycles. The largest absolute Gasteiger partial charge is 0.314 e. The molecule has 2 unspecified atom stereocenters. The van der Waals surface area contributed by atoms with Crippen LogP contribution in [0.1, 0.15) is 43.8 Å². The van der Waals surface area contributed by atoms with Gasteiger partial charge in [0.15, 0.2) is 0 Å². The van der Waals surface area contributed by atoms with Gasteiger partial charge >= 0.3 is 0 Å². The number of nitrogens with zero attached hydrogens (tertiary/aromatic N) is 1. The van der Waals surface area contributed by atoms with E-state index in [-0.39, 0.29) is 0 Å². The Bertz CT molecular complexity index is 270. The van der Waals surface area contributed by atoms with Gasteiger partial charge in [-0.05, 0) is 26.8 Å². The van der Waals surface area contributed by atoms with Gasteiger partial charge < -0.3 is 5.32 Å². The van der Waals surface area contributed by atoms with Crippen LogP contribution in [0.25, 0.3) is 0 Å². The molecule has 2 atom stereocenters. The third-order valence-electron chi connectivity index (χ3n) is 2.52. The first-order valence-electron chi connectivity index (χ1n) is 5.34. The summed E-state index contributed by atoms with van der Waals surface area (Å²) in [6.07, 6.45) is 1.15. The van der Waals surface area contributed by atoms with Gasteiger partial charge in [-0.1, -0.05) is 13.8 Å². The first-order valence-corrected chi connectivity index (χ1v) is 6.22. The number of nitrogens with one attached hydrogen (secondary N) is 1. The van der Waals surface area contributed by atoms with E-state index in [9.17, 15) is 0 Å². The van der Waals surface area contributed by atoms with Crippen molar-refractivity contribution < 1.29 is 0 Å². The van der Waals surface area contributed by atoms with E-state index in [1.807, 2.05) is 0 Å². The highest BCUT2D eigenvalue weighted by molar-refractivity contribution is 7.09. The van der Waals surface area contributed by atoms with E-state index in [1.54, 1.807) is 11.3 Å². The zero-order valence-corrected chi connectivity index (χ0v) is 10.3. The van der Waals surface area contributed by atoms with Crippen molar-refractivity contribution in [2.75, 3.05) is 6.54 Å². The van der Waals surface area contributed by atoms with E-state index in [0.717, 1.165) is 18.7 Å². The van der Waals surface area contributed by atoms with Crippen LogP contribution < -0.4 is 5.32 Å². The monoisotopic (exact) mass is 212 g/mol. The second-order valence-electron chi connectivity index (χ2n) is 3.69. The molecule has 0 radical (unpaired) electrons. The van der Waals surface area contributed by atoms with E-state index in [4.69, 9.17) is 0 Å². The molecule has 2 nitrogen and oxygen atoms in total. The van der Waals surface area contributed by atoms with Gasteiger partial charge in [0.2, 0.25) is 0 Å². The normalized spacial score (nSPS) is 15.4. The number of likely N-dealkylation sites (N-methyl/N-ethyl adjacent to an activating group) is 1. The highest BCUT2D eigenvalue weighted by Crippen LogP contribution is 2.26. The van der Waals surface area contributed by atoms with E-state index in [0.29, 0.717) is 12.0 Å². The molecule has 1 rings (SSSR count). The molecular formula is C11H20N2S. The first-order chi connectivity index (χ1) is 6.69. The third kappa shape index (κ3) is 2.79. The fourth-order valence-electron chi connectivity index (χ4n) is 1.75. The molecule has 1 N–H and O–H groups in total. The van der Waals surface area contributed by atoms with Gasteiger partial charge in [0.1, 0.15) is 0 Å². The zero-order valence-electron chi connectivity index (χ0n) is 9.50.